The standard InChI is InChI=1S/C23H22ClN3O3/c24-19-11-18(22(28)27-21(14-25)17-9-5-2-6-10-17)12-20(13-19)26-23(29)30-15-16-7-3-1-4-8-16/h1-13,21H,14-15,25H2,(H,26,29)(H,27,28)/t21-/m1/s1. The number of halogens is 1. The van der Waals surface area contributed by atoms with Crippen LogP contribution >= 0.6 is 11.6 Å². The van der Waals surface area contributed by atoms with Crippen molar-refractivity contribution < 1.29 is 14.3 Å². The molecule has 1 atom stereocenters. The van der Waals surface area contributed by atoms with E-state index in [-0.39, 0.29) is 25.1 Å². The van der Waals surface area contributed by atoms with Gasteiger partial charge in [-0.15, -0.1) is 0 Å². The third kappa shape index (κ3) is 6.07. The third-order valence-electron chi connectivity index (χ3n) is 4.36. The van der Waals surface area contributed by atoms with Crippen LogP contribution in [0, 0.1) is 0 Å². The molecular formula is C23H22ClN3O3. The van der Waals surface area contributed by atoms with E-state index in [4.69, 9.17) is 22.1 Å². The number of anilines is 1. The molecule has 3 rings (SSSR count). The van der Waals surface area contributed by atoms with Crippen molar-refractivity contribution in [2.45, 2.75) is 12.6 Å². The number of hydrogen-bond donors (Lipinski definition) is 3. The minimum absolute atomic E-state index is 0.135. The summed E-state index contributed by atoms with van der Waals surface area (Å²) in [4.78, 5) is 24.8. The van der Waals surface area contributed by atoms with Gasteiger partial charge in [-0.1, -0.05) is 72.3 Å². The van der Waals surface area contributed by atoms with Crippen molar-refractivity contribution in [3.63, 3.8) is 0 Å². The van der Waals surface area contributed by atoms with Crippen LogP contribution in [0.2, 0.25) is 5.02 Å². The van der Waals surface area contributed by atoms with Crippen LogP contribution in [-0.2, 0) is 11.3 Å². The Labute approximate surface area is 180 Å². The lowest BCUT2D eigenvalue weighted by molar-refractivity contribution is 0.0937. The molecular weight excluding hydrogens is 402 g/mol. The van der Waals surface area contributed by atoms with E-state index in [0.29, 0.717) is 16.3 Å². The first kappa shape index (κ1) is 21.4. The van der Waals surface area contributed by atoms with Crippen molar-refractivity contribution in [2.75, 3.05) is 11.9 Å². The van der Waals surface area contributed by atoms with Crippen molar-refractivity contribution in [3.05, 3.63) is 101 Å². The van der Waals surface area contributed by atoms with Gasteiger partial charge in [0.2, 0.25) is 0 Å². The first-order valence-electron chi connectivity index (χ1n) is 9.39. The van der Waals surface area contributed by atoms with E-state index in [2.05, 4.69) is 10.6 Å². The Morgan fingerprint density at radius 3 is 2.30 bits per heavy atom. The lowest BCUT2D eigenvalue weighted by Gasteiger charge is -2.18. The molecule has 0 saturated carbocycles. The second kappa shape index (κ2) is 10.4. The second-order valence-electron chi connectivity index (χ2n) is 6.59. The summed E-state index contributed by atoms with van der Waals surface area (Å²) >= 11 is 6.14. The molecule has 7 heteroatoms. The number of carbonyl (C=O) groups excluding carboxylic acids is 2. The first-order valence-corrected chi connectivity index (χ1v) is 9.77. The molecule has 6 nitrogen and oxygen atoms in total. The summed E-state index contributed by atoms with van der Waals surface area (Å²) in [5.41, 5.74) is 8.25. The topological polar surface area (TPSA) is 93.5 Å². The summed E-state index contributed by atoms with van der Waals surface area (Å²) in [6.45, 7) is 0.378. The number of ether oxygens (including phenoxy) is 1. The summed E-state index contributed by atoms with van der Waals surface area (Å²) < 4.78 is 5.20. The fraction of sp³-hybridized carbons (Fsp3) is 0.130. The van der Waals surface area contributed by atoms with E-state index >= 15 is 0 Å². The van der Waals surface area contributed by atoms with Gasteiger partial charge in [0.05, 0.1) is 6.04 Å². The minimum Gasteiger partial charge on any atom is -0.444 e. The highest BCUT2D eigenvalue weighted by Gasteiger charge is 2.16. The number of rotatable bonds is 7. The number of amides is 2. The van der Waals surface area contributed by atoms with Gasteiger partial charge in [-0.2, -0.15) is 0 Å². The molecule has 2 amide bonds. The molecule has 0 bridgehead atoms. The summed E-state index contributed by atoms with van der Waals surface area (Å²) in [7, 11) is 0. The summed E-state index contributed by atoms with van der Waals surface area (Å²) in [5.74, 6) is -0.350. The highest BCUT2D eigenvalue weighted by atomic mass is 35.5. The molecule has 3 aromatic rings. The van der Waals surface area contributed by atoms with Crippen LogP contribution in [0.25, 0.3) is 0 Å². The quantitative estimate of drug-likeness (QED) is 0.520. The molecule has 0 aliphatic rings. The third-order valence-corrected chi connectivity index (χ3v) is 4.58. The smallest absolute Gasteiger partial charge is 0.411 e. The fourth-order valence-corrected chi connectivity index (χ4v) is 3.11. The van der Waals surface area contributed by atoms with Gasteiger partial charge in [0.1, 0.15) is 6.61 Å². The molecule has 0 saturated heterocycles. The normalized spacial score (nSPS) is 11.4. The molecule has 0 aliphatic carbocycles. The largest absolute Gasteiger partial charge is 0.444 e. The fourth-order valence-electron chi connectivity index (χ4n) is 2.88. The van der Waals surface area contributed by atoms with Crippen molar-refractivity contribution in [1.29, 1.82) is 0 Å². The number of hydrogen-bond acceptors (Lipinski definition) is 4. The van der Waals surface area contributed by atoms with Crippen LogP contribution in [0.1, 0.15) is 27.5 Å². The average molecular weight is 424 g/mol. The van der Waals surface area contributed by atoms with Crippen molar-refractivity contribution in [3.8, 4) is 0 Å². The van der Waals surface area contributed by atoms with Gasteiger partial charge in [0, 0.05) is 22.8 Å². The summed E-state index contributed by atoms with van der Waals surface area (Å²) in [6.07, 6.45) is -0.642. The van der Waals surface area contributed by atoms with E-state index in [1.54, 1.807) is 6.07 Å². The van der Waals surface area contributed by atoms with Crippen molar-refractivity contribution in [1.82, 2.24) is 5.32 Å². The van der Waals surface area contributed by atoms with Gasteiger partial charge in [0.25, 0.3) is 5.91 Å². The predicted molar refractivity (Wildman–Crippen MR) is 117 cm³/mol. The zero-order chi connectivity index (χ0) is 21.3. The van der Waals surface area contributed by atoms with Crippen molar-refractivity contribution in [2.24, 2.45) is 5.73 Å². The summed E-state index contributed by atoms with van der Waals surface area (Å²) in [6, 6.07) is 23.0. The Kier molecular flexibility index (Phi) is 7.43. The lowest BCUT2D eigenvalue weighted by Crippen LogP contribution is -2.33. The Bertz CT molecular complexity index is 997. The molecule has 0 aliphatic heterocycles. The molecule has 0 fully saturated rings. The van der Waals surface area contributed by atoms with E-state index in [1.807, 2.05) is 60.7 Å². The van der Waals surface area contributed by atoms with Crippen LogP contribution in [-0.4, -0.2) is 18.5 Å². The Morgan fingerprint density at radius 2 is 1.63 bits per heavy atom. The van der Waals surface area contributed by atoms with Gasteiger partial charge in [-0.25, -0.2) is 4.79 Å². The SMILES string of the molecule is NC[C@@H](NC(=O)c1cc(Cl)cc(NC(=O)OCc2ccccc2)c1)c1ccccc1. The lowest BCUT2D eigenvalue weighted by atomic mass is 10.1. The van der Waals surface area contributed by atoms with E-state index in [0.717, 1.165) is 11.1 Å². The van der Waals surface area contributed by atoms with Gasteiger partial charge >= 0.3 is 6.09 Å². The molecule has 0 radical (unpaired) electrons. The van der Waals surface area contributed by atoms with E-state index < -0.39 is 6.09 Å². The molecule has 4 N–H and O–H groups in total. The average Bonchev–Trinajstić information content (AvgIpc) is 2.77. The van der Waals surface area contributed by atoms with Crippen LogP contribution in [0.4, 0.5) is 10.5 Å². The van der Waals surface area contributed by atoms with Gasteiger partial charge in [-0.05, 0) is 29.3 Å². The Hall–Kier alpha value is -3.35. The molecule has 3 aromatic carbocycles. The van der Waals surface area contributed by atoms with Gasteiger partial charge in [-0.3, -0.25) is 10.1 Å². The summed E-state index contributed by atoms with van der Waals surface area (Å²) in [5, 5.41) is 5.79. The second-order valence-corrected chi connectivity index (χ2v) is 7.02. The molecule has 0 heterocycles. The van der Waals surface area contributed by atoms with Crippen molar-refractivity contribution >= 4 is 29.3 Å². The van der Waals surface area contributed by atoms with Crippen LogP contribution < -0.4 is 16.4 Å². The maximum atomic E-state index is 12.7. The van der Waals surface area contributed by atoms with Gasteiger partial charge in [0.15, 0.2) is 0 Å². The highest BCUT2D eigenvalue weighted by molar-refractivity contribution is 6.31. The van der Waals surface area contributed by atoms with E-state index in [1.165, 1.54) is 12.1 Å². The molecule has 0 aromatic heterocycles. The Balaban J connectivity index is 1.65. The first-order chi connectivity index (χ1) is 14.5. The van der Waals surface area contributed by atoms with Gasteiger partial charge < -0.3 is 15.8 Å². The van der Waals surface area contributed by atoms with Crippen LogP contribution in [0.15, 0.2) is 78.9 Å². The number of carbonyl (C=O) groups is 2. The molecule has 30 heavy (non-hydrogen) atoms. The Morgan fingerprint density at radius 1 is 0.967 bits per heavy atom. The number of nitrogens with one attached hydrogen (secondary N) is 2. The number of benzene rings is 3. The molecule has 0 unspecified atom stereocenters. The number of nitrogens with two attached hydrogens (primary N) is 1. The minimum atomic E-state index is -0.642. The maximum absolute atomic E-state index is 12.7. The van der Waals surface area contributed by atoms with Crippen LogP contribution in [0.3, 0.4) is 0 Å². The predicted octanol–water partition coefficient (Wildman–Crippen LogP) is 4.52. The zero-order valence-electron chi connectivity index (χ0n) is 16.2. The monoisotopic (exact) mass is 423 g/mol. The highest BCUT2D eigenvalue weighted by Crippen LogP contribution is 2.21. The maximum Gasteiger partial charge on any atom is 0.411 e. The van der Waals surface area contributed by atoms with E-state index in [9.17, 15) is 9.59 Å². The zero-order valence-corrected chi connectivity index (χ0v) is 16.9. The molecule has 0 spiro atoms. The van der Waals surface area contributed by atoms with Crippen LogP contribution in [0.5, 0.6) is 0 Å². The molecule has 154 valence electrons.